The van der Waals surface area contributed by atoms with Gasteiger partial charge in [0.15, 0.2) is 0 Å². The molecule has 0 saturated carbocycles. The second-order valence-corrected chi connectivity index (χ2v) is 2.27. The van der Waals surface area contributed by atoms with Crippen molar-refractivity contribution in [2.24, 2.45) is 0 Å². The first-order valence-corrected chi connectivity index (χ1v) is 3.48. The molecule has 1 aromatic rings. The summed E-state index contributed by atoms with van der Waals surface area (Å²) in [4.78, 5) is 0. The Labute approximate surface area is 65.2 Å². The number of nitrogens with zero attached hydrogens (tertiary/aromatic N) is 3. The molecule has 0 aromatic carbocycles. The Morgan fingerprint density at radius 1 is 1.91 bits per heavy atom. The molecule has 0 saturated heterocycles. The van der Waals surface area contributed by atoms with E-state index in [1.165, 1.54) is 0 Å². The van der Waals surface area contributed by atoms with Gasteiger partial charge in [-0.1, -0.05) is 6.92 Å². The third kappa shape index (κ3) is 1.49. The van der Waals surface area contributed by atoms with E-state index in [4.69, 9.17) is 11.0 Å². The highest BCUT2D eigenvalue weighted by Crippen LogP contribution is 2.09. The Hall–Kier alpha value is -1.50. The van der Waals surface area contributed by atoms with Crippen LogP contribution in [-0.2, 0) is 0 Å². The predicted molar refractivity (Wildman–Crippen MR) is 41.6 cm³/mol. The molecule has 1 unspecified atom stereocenters. The number of anilines is 1. The lowest BCUT2D eigenvalue weighted by atomic mass is 10.3. The first kappa shape index (κ1) is 7.61. The molecule has 0 amide bonds. The molecule has 0 spiro atoms. The van der Waals surface area contributed by atoms with Gasteiger partial charge in [-0.05, 0) is 12.5 Å². The van der Waals surface area contributed by atoms with Crippen molar-refractivity contribution in [2.75, 3.05) is 5.73 Å². The molecule has 11 heavy (non-hydrogen) atoms. The molecule has 0 bridgehead atoms. The molecule has 58 valence electrons. The van der Waals surface area contributed by atoms with E-state index in [9.17, 15) is 0 Å². The van der Waals surface area contributed by atoms with E-state index in [1.54, 1.807) is 16.9 Å². The van der Waals surface area contributed by atoms with Gasteiger partial charge in [0.2, 0.25) is 0 Å². The molecule has 1 atom stereocenters. The van der Waals surface area contributed by atoms with Crippen molar-refractivity contribution in [1.29, 1.82) is 5.26 Å². The van der Waals surface area contributed by atoms with Gasteiger partial charge in [-0.15, -0.1) is 0 Å². The van der Waals surface area contributed by atoms with Crippen LogP contribution in [0.3, 0.4) is 0 Å². The average Bonchev–Trinajstić information content (AvgIpc) is 2.39. The van der Waals surface area contributed by atoms with Crippen LogP contribution in [0.2, 0.25) is 0 Å². The fourth-order valence-electron chi connectivity index (χ4n) is 0.864. The third-order valence-corrected chi connectivity index (χ3v) is 1.48. The maximum atomic E-state index is 8.64. The summed E-state index contributed by atoms with van der Waals surface area (Å²) in [6.45, 7) is 1.94. The number of nitriles is 1. The summed E-state index contributed by atoms with van der Waals surface area (Å²) < 4.78 is 1.58. The Balaban J connectivity index is 2.84. The summed E-state index contributed by atoms with van der Waals surface area (Å²) in [6, 6.07) is 3.62. The quantitative estimate of drug-likeness (QED) is 0.682. The first-order chi connectivity index (χ1) is 5.27. The topological polar surface area (TPSA) is 67.6 Å². The van der Waals surface area contributed by atoms with Crippen molar-refractivity contribution >= 4 is 5.82 Å². The van der Waals surface area contributed by atoms with Gasteiger partial charge in [0.1, 0.15) is 11.9 Å². The Kier molecular flexibility index (Phi) is 2.12. The number of aromatic nitrogens is 2. The normalized spacial score (nSPS) is 12.4. The minimum atomic E-state index is -0.188. The fourth-order valence-corrected chi connectivity index (χ4v) is 0.864. The van der Waals surface area contributed by atoms with Gasteiger partial charge in [0.05, 0.1) is 6.07 Å². The SMILES string of the molecule is CCC(C#N)n1ccc(N)n1. The van der Waals surface area contributed by atoms with Gasteiger partial charge >= 0.3 is 0 Å². The molecule has 0 radical (unpaired) electrons. The van der Waals surface area contributed by atoms with Crippen molar-refractivity contribution in [1.82, 2.24) is 9.78 Å². The monoisotopic (exact) mass is 150 g/mol. The zero-order chi connectivity index (χ0) is 8.27. The summed E-state index contributed by atoms with van der Waals surface area (Å²) in [6.07, 6.45) is 2.46. The van der Waals surface area contributed by atoms with E-state index in [2.05, 4.69) is 11.2 Å². The van der Waals surface area contributed by atoms with Crippen molar-refractivity contribution in [3.63, 3.8) is 0 Å². The summed E-state index contributed by atoms with van der Waals surface area (Å²) in [5.41, 5.74) is 5.38. The number of nitrogen functional groups attached to an aromatic ring is 1. The van der Waals surface area contributed by atoms with Crippen molar-refractivity contribution in [2.45, 2.75) is 19.4 Å². The van der Waals surface area contributed by atoms with E-state index in [0.29, 0.717) is 5.82 Å². The fraction of sp³-hybridized carbons (Fsp3) is 0.429. The van der Waals surface area contributed by atoms with Crippen LogP contribution in [0, 0.1) is 11.3 Å². The van der Waals surface area contributed by atoms with Gasteiger partial charge in [0.25, 0.3) is 0 Å². The molecule has 0 aliphatic heterocycles. The van der Waals surface area contributed by atoms with Crippen molar-refractivity contribution in [3.05, 3.63) is 12.3 Å². The second kappa shape index (κ2) is 3.06. The van der Waals surface area contributed by atoms with E-state index in [-0.39, 0.29) is 6.04 Å². The van der Waals surface area contributed by atoms with E-state index in [1.807, 2.05) is 6.92 Å². The van der Waals surface area contributed by atoms with Gasteiger partial charge in [-0.2, -0.15) is 10.4 Å². The summed E-state index contributed by atoms with van der Waals surface area (Å²) in [7, 11) is 0. The van der Waals surface area contributed by atoms with E-state index < -0.39 is 0 Å². The third-order valence-electron chi connectivity index (χ3n) is 1.48. The van der Waals surface area contributed by atoms with Crippen LogP contribution in [0.25, 0.3) is 0 Å². The maximum Gasteiger partial charge on any atom is 0.145 e. The lowest BCUT2D eigenvalue weighted by Crippen LogP contribution is -2.06. The molecule has 2 N–H and O–H groups in total. The van der Waals surface area contributed by atoms with Crippen LogP contribution >= 0.6 is 0 Å². The van der Waals surface area contributed by atoms with Crippen LogP contribution in [0.5, 0.6) is 0 Å². The van der Waals surface area contributed by atoms with Gasteiger partial charge < -0.3 is 5.73 Å². The standard InChI is InChI=1S/C7H10N4/c1-2-6(5-8)11-4-3-7(9)10-11/h3-4,6H,2H2,1H3,(H2,9,10). The van der Waals surface area contributed by atoms with Crippen LogP contribution in [0.1, 0.15) is 19.4 Å². The smallest absolute Gasteiger partial charge is 0.145 e. The molecule has 4 nitrogen and oxygen atoms in total. The highest BCUT2D eigenvalue weighted by atomic mass is 15.3. The molecule has 0 aliphatic carbocycles. The largest absolute Gasteiger partial charge is 0.382 e. The zero-order valence-corrected chi connectivity index (χ0v) is 6.36. The Bertz CT molecular complexity index is 270. The highest BCUT2D eigenvalue weighted by molar-refractivity contribution is 5.24. The average molecular weight is 150 g/mol. The number of hydrogen-bond donors (Lipinski definition) is 1. The van der Waals surface area contributed by atoms with E-state index >= 15 is 0 Å². The molecular weight excluding hydrogens is 140 g/mol. The minimum Gasteiger partial charge on any atom is -0.382 e. The zero-order valence-electron chi connectivity index (χ0n) is 6.36. The van der Waals surface area contributed by atoms with Gasteiger partial charge in [-0.3, -0.25) is 4.68 Å². The van der Waals surface area contributed by atoms with Crippen molar-refractivity contribution in [3.8, 4) is 6.07 Å². The molecular formula is C7H10N4. The lowest BCUT2D eigenvalue weighted by molar-refractivity contribution is 0.536. The molecule has 1 heterocycles. The van der Waals surface area contributed by atoms with Crippen LogP contribution in [0.15, 0.2) is 12.3 Å². The number of nitrogens with two attached hydrogens (primary N) is 1. The minimum absolute atomic E-state index is 0.188. The molecule has 4 heteroatoms. The lowest BCUT2D eigenvalue weighted by Gasteiger charge is -2.04. The molecule has 1 aromatic heterocycles. The highest BCUT2D eigenvalue weighted by Gasteiger charge is 2.06. The van der Waals surface area contributed by atoms with E-state index in [0.717, 1.165) is 6.42 Å². The molecule has 0 fully saturated rings. The Morgan fingerprint density at radius 3 is 3.00 bits per heavy atom. The van der Waals surface area contributed by atoms with Crippen LogP contribution < -0.4 is 5.73 Å². The maximum absolute atomic E-state index is 8.64. The predicted octanol–water partition coefficient (Wildman–Crippen LogP) is 0.940. The van der Waals surface area contributed by atoms with Gasteiger partial charge in [-0.25, -0.2) is 0 Å². The van der Waals surface area contributed by atoms with Gasteiger partial charge in [0, 0.05) is 6.20 Å². The summed E-state index contributed by atoms with van der Waals surface area (Å²) in [5, 5.41) is 12.6. The number of rotatable bonds is 2. The first-order valence-electron chi connectivity index (χ1n) is 3.48. The van der Waals surface area contributed by atoms with Crippen LogP contribution in [0.4, 0.5) is 5.82 Å². The molecule has 0 aliphatic rings. The van der Waals surface area contributed by atoms with Crippen molar-refractivity contribution < 1.29 is 0 Å². The summed E-state index contributed by atoms with van der Waals surface area (Å²) >= 11 is 0. The number of hydrogen-bond acceptors (Lipinski definition) is 3. The van der Waals surface area contributed by atoms with Crippen LogP contribution in [-0.4, -0.2) is 9.78 Å². The summed E-state index contributed by atoms with van der Waals surface area (Å²) in [5.74, 6) is 0.457. The second-order valence-electron chi connectivity index (χ2n) is 2.27. The Morgan fingerprint density at radius 2 is 2.64 bits per heavy atom. The molecule has 1 rings (SSSR count).